The first kappa shape index (κ1) is 11.0. The van der Waals surface area contributed by atoms with Crippen LogP contribution in [-0.4, -0.2) is 27.0 Å². The quantitative estimate of drug-likeness (QED) is 0.731. The van der Waals surface area contributed by atoms with Crippen molar-refractivity contribution in [2.45, 2.75) is 26.3 Å². The van der Waals surface area contributed by atoms with Crippen molar-refractivity contribution in [1.82, 2.24) is 20.5 Å². The fraction of sp³-hybridized carbons (Fsp3) is 0.625. The lowest BCUT2D eigenvalue weighted by Gasteiger charge is -1.98. The number of amides is 1. The van der Waals surface area contributed by atoms with E-state index in [2.05, 4.69) is 20.5 Å². The Morgan fingerprint density at radius 1 is 1.64 bits per heavy atom. The number of alkyl halides is 1. The summed E-state index contributed by atoms with van der Waals surface area (Å²) in [5, 5.41) is 9.34. The Labute approximate surface area is 87.3 Å². The Morgan fingerprint density at radius 2 is 2.36 bits per heavy atom. The smallest absolute Gasteiger partial charge is 0.235 e. The van der Waals surface area contributed by atoms with E-state index in [9.17, 15) is 4.79 Å². The summed E-state index contributed by atoms with van der Waals surface area (Å²) < 4.78 is 0. The summed E-state index contributed by atoms with van der Waals surface area (Å²) in [7, 11) is 0. The van der Waals surface area contributed by atoms with Crippen LogP contribution in [0.5, 0.6) is 0 Å². The SMILES string of the molecule is CC(C)c1n[nH]c(CNC(=O)CCl)n1. The molecule has 0 saturated carbocycles. The number of aromatic nitrogens is 3. The summed E-state index contributed by atoms with van der Waals surface area (Å²) in [4.78, 5) is 15.0. The zero-order valence-electron chi connectivity index (χ0n) is 8.17. The van der Waals surface area contributed by atoms with Gasteiger partial charge < -0.3 is 5.32 Å². The third-order valence-electron chi connectivity index (χ3n) is 1.64. The van der Waals surface area contributed by atoms with E-state index in [0.29, 0.717) is 12.4 Å². The summed E-state index contributed by atoms with van der Waals surface area (Å²) in [6.07, 6.45) is 0. The Balaban J connectivity index is 2.48. The molecule has 0 aliphatic heterocycles. The molecule has 0 radical (unpaired) electrons. The van der Waals surface area contributed by atoms with Crippen LogP contribution in [0.4, 0.5) is 0 Å². The van der Waals surface area contributed by atoms with E-state index in [0.717, 1.165) is 5.82 Å². The van der Waals surface area contributed by atoms with E-state index in [4.69, 9.17) is 11.6 Å². The fourth-order valence-corrected chi connectivity index (χ4v) is 0.971. The second kappa shape index (κ2) is 4.95. The molecule has 0 fully saturated rings. The number of carbonyl (C=O) groups is 1. The summed E-state index contributed by atoms with van der Waals surface area (Å²) >= 11 is 5.32. The molecule has 1 amide bonds. The van der Waals surface area contributed by atoms with Gasteiger partial charge >= 0.3 is 0 Å². The molecule has 0 unspecified atom stereocenters. The summed E-state index contributed by atoms with van der Waals surface area (Å²) in [5.41, 5.74) is 0. The number of H-pyrrole nitrogens is 1. The maximum Gasteiger partial charge on any atom is 0.235 e. The molecule has 78 valence electrons. The van der Waals surface area contributed by atoms with Gasteiger partial charge in [-0.15, -0.1) is 11.6 Å². The average molecular weight is 217 g/mol. The molecule has 5 nitrogen and oxygen atoms in total. The molecule has 2 N–H and O–H groups in total. The van der Waals surface area contributed by atoms with Gasteiger partial charge in [0.25, 0.3) is 0 Å². The minimum Gasteiger partial charge on any atom is -0.348 e. The van der Waals surface area contributed by atoms with Crippen LogP contribution >= 0.6 is 11.6 Å². The number of rotatable bonds is 4. The molecule has 0 aromatic carbocycles. The highest BCUT2D eigenvalue weighted by Crippen LogP contribution is 2.07. The summed E-state index contributed by atoms with van der Waals surface area (Å²) in [5.74, 6) is 1.43. The molecule has 1 heterocycles. The lowest BCUT2D eigenvalue weighted by molar-refractivity contribution is -0.118. The van der Waals surface area contributed by atoms with Gasteiger partial charge in [0.2, 0.25) is 5.91 Å². The van der Waals surface area contributed by atoms with E-state index in [1.54, 1.807) is 0 Å². The van der Waals surface area contributed by atoms with E-state index in [-0.39, 0.29) is 17.7 Å². The highest BCUT2D eigenvalue weighted by molar-refractivity contribution is 6.27. The molecule has 1 aromatic rings. The van der Waals surface area contributed by atoms with Crippen LogP contribution < -0.4 is 5.32 Å². The highest BCUT2D eigenvalue weighted by atomic mass is 35.5. The van der Waals surface area contributed by atoms with Gasteiger partial charge in [-0.25, -0.2) is 4.98 Å². The molecular weight excluding hydrogens is 204 g/mol. The van der Waals surface area contributed by atoms with Crippen molar-refractivity contribution in [1.29, 1.82) is 0 Å². The maximum absolute atomic E-state index is 10.8. The van der Waals surface area contributed by atoms with Crippen LogP contribution in [0.3, 0.4) is 0 Å². The number of aromatic amines is 1. The van der Waals surface area contributed by atoms with Crippen LogP contribution in [0, 0.1) is 0 Å². The number of hydrogen-bond donors (Lipinski definition) is 2. The lowest BCUT2D eigenvalue weighted by Crippen LogP contribution is -2.24. The third-order valence-corrected chi connectivity index (χ3v) is 1.88. The van der Waals surface area contributed by atoms with Crippen molar-refractivity contribution in [3.05, 3.63) is 11.6 Å². The first-order chi connectivity index (χ1) is 6.63. The number of nitrogens with one attached hydrogen (secondary N) is 2. The maximum atomic E-state index is 10.8. The minimum absolute atomic E-state index is 0.0365. The monoisotopic (exact) mass is 216 g/mol. The zero-order valence-corrected chi connectivity index (χ0v) is 8.93. The molecule has 0 aliphatic rings. The van der Waals surface area contributed by atoms with E-state index in [1.165, 1.54) is 0 Å². The van der Waals surface area contributed by atoms with Crippen molar-refractivity contribution < 1.29 is 4.79 Å². The second-order valence-corrected chi connectivity index (χ2v) is 3.47. The van der Waals surface area contributed by atoms with E-state index in [1.807, 2.05) is 13.8 Å². The molecule has 0 bridgehead atoms. The number of hydrogen-bond acceptors (Lipinski definition) is 3. The predicted octanol–water partition coefficient (Wildman–Crippen LogP) is 0.783. The Kier molecular flexibility index (Phi) is 3.88. The van der Waals surface area contributed by atoms with Crippen LogP contribution in [0.2, 0.25) is 0 Å². The number of halogens is 1. The Morgan fingerprint density at radius 3 is 2.86 bits per heavy atom. The average Bonchev–Trinajstić information content (AvgIpc) is 2.62. The van der Waals surface area contributed by atoms with Crippen LogP contribution in [0.25, 0.3) is 0 Å². The molecule has 1 aromatic heterocycles. The standard InChI is InChI=1S/C8H13ClN4O/c1-5(2)8-11-6(12-13-8)4-10-7(14)3-9/h5H,3-4H2,1-2H3,(H,10,14)(H,11,12,13). The molecular formula is C8H13ClN4O. The largest absolute Gasteiger partial charge is 0.348 e. The van der Waals surface area contributed by atoms with Gasteiger partial charge in [0.05, 0.1) is 6.54 Å². The predicted molar refractivity (Wildman–Crippen MR) is 53.0 cm³/mol. The van der Waals surface area contributed by atoms with Gasteiger partial charge in [0.15, 0.2) is 5.82 Å². The molecule has 1 rings (SSSR count). The first-order valence-corrected chi connectivity index (χ1v) is 4.90. The molecule has 6 heteroatoms. The summed E-state index contributed by atoms with van der Waals surface area (Å²) in [6.45, 7) is 4.35. The second-order valence-electron chi connectivity index (χ2n) is 3.21. The highest BCUT2D eigenvalue weighted by Gasteiger charge is 2.07. The molecule has 0 atom stereocenters. The molecule has 0 spiro atoms. The lowest BCUT2D eigenvalue weighted by atomic mass is 10.2. The van der Waals surface area contributed by atoms with Crippen LogP contribution in [-0.2, 0) is 11.3 Å². The Bertz CT molecular complexity index is 310. The van der Waals surface area contributed by atoms with Crippen LogP contribution in [0.1, 0.15) is 31.4 Å². The van der Waals surface area contributed by atoms with Crippen molar-refractivity contribution in [2.24, 2.45) is 0 Å². The minimum atomic E-state index is -0.214. The Hall–Kier alpha value is -1.10. The number of carbonyl (C=O) groups excluding carboxylic acids is 1. The van der Waals surface area contributed by atoms with Crippen LogP contribution in [0.15, 0.2) is 0 Å². The van der Waals surface area contributed by atoms with Gasteiger partial charge in [-0.2, -0.15) is 5.10 Å². The van der Waals surface area contributed by atoms with Gasteiger partial charge in [-0.3, -0.25) is 9.89 Å². The summed E-state index contributed by atoms with van der Waals surface area (Å²) in [6, 6.07) is 0. The first-order valence-electron chi connectivity index (χ1n) is 4.37. The molecule has 14 heavy (non-hydrogen) atoms. The normalized spacial score (nSPS) is 10.6. The van der Waals surface area contributed by atoms with Crippen molar-refractivity contribution in [2.75, 3.05) is 5.88 Å². The fourth-order valence-electron chi connectivity index (χ4n) is 0.877. The van der Waals surface area contributed by atoms with Gasteiger partial charge in [0, 0.05) is 5.92 Å². The topological polar surface area (TPSA) is 70.7 Å². The van der Waals surface area contributed by atoms with Crippen molar-refractivity contribution >= 4 is 17.5 Å². The van der Waals surface area contributed by atoms with Crippen molar-refractivity contribution in [3.8, 4) is 0 Å². The molecule has 0 aliphatic carbocycles. The van der Waals surface area contributed by atoms with Gasteiger partial charge in [-0.05, 0) is 0 Å². The van der Waals surface area contributed by atoms with Gasteiger partial charge in [-0.1, -0.05) is 13.8 Å². The number of nitrogens with zero attached hydrogens (tertiary/aromatic N) is 2. The van der Waals surface area contributed by atoms with E-state index < -0.39 is 0 Å². The van der Waals surface area contributed by atoms with Crippen molar-refractivity contribution in [3.63, 3.8) is 0 Å². The van der Waals surface area contributed by atoms with E-state index >= 15 is 0 Å². The zero-order chi connectivity index (χ0) is 10.6. The third kappa shape index (κ3) is 2.99. The molecule has 0 saturated heterocycles. The van der Waals surface area contributed by atoms with Gasteiger partial charge in [0.1, 0.15) is 11.7 Å².